The van der Waals surface area contributed by atoms with Crippen molar-refractivity contribution in [1.82, 2.24) is 19.9 Å². The van der Waals surface area contributed by atoms with Crippen LogP contribution in [0.5, 0.6) is 0 Å². The van der Waals surface area contributed by atoms with Crippen molar-refractivity contribution in [3.8, 4) is 0 Å². The van der Waals surface area contributed by atoms with Crippen LogP contribution >= 0.6 is 11.8 Å². The van der Waals surface area contributed by atoms with Crippen LogP contribution in [-0.2, 0) is 14.8 Å². The summed E-state index contributed by atoms with van der Waals surface area (Å²) in [7, 11) is -2.22. The fraction of sp³-hybridized carbons (Fsp3) is 0.250. The molecule has 1 heterocycles. The smallest absolute Gasteiger partial charge is 0.240 e. The number of carbonyl (C=O) groups excluding carboxylic acids is 1. The maximum absolute atomic E-state index is 11.9. The second-order valence-corrected chi connectivity index (χ2v) is 7.13. The van der Waals surface area contributed by atoms with Crippen LogP contribution in [0.4, 0.5) is 5.69 Å². The quantitative estimate of drug-likeness (QED) is 0.668. The van der Waals surface area contributed by atoms with E-state index < -0.39 is 10.0 Å². The number of nitrogens with one attached hydrogen (secondary N) is 3. The standard InChI is InChI=1S/C12H15N5O3S2/c1-8-3-4-9(5-10(8)22(19,20)13-2)16-11(18)6-21-12-14-7-15-17-12/h3-5,7,13H,6H2,1-2H3,(H,16,18)(H,14,15,17). The number of carbonyl (C=O) groups is 1. The molecule has 3 N–H and O–H groups in total. The third kappa shape index (κ3) is 4.06. The van der Waals surface area contributed by atoms with Gasteiger partial charge in [-0.3, -0.25) is 9.89 Å². The fourth-order valence-electron chi connectivity index (χ4n) is 1.67. The summed E-state index contributed by atoms with van der Waals surface area (Å²) in [6.07, 6.45) is 1.36. The lowest BCUT2D eigenvalue weighted by atomic mass is 10.2. The van der Waals surface area contributed by atoms with Crippen molar-refractivity contribution in [2.45, 2.75) is 17.0 Å². The van der Waals surface area contributed by atoms with E-state index in [0.717, 1.165) is 0 Å². The highest BCUT2D eigenvalue weighted by atomic mass is 32.2. The number of aryl methyl sites for hydroxylation is 1. The van der Waals surface area contributed by atoms with Gasteiger partial charge in [-0.1, -0.05) is 17.8 Å². The van der Waals surface area contributed by atoms with Crippen molar-refractivity contribution in [3.05, 3.63) is 30.1 Å². The average Bonchev–Trinajstić information content (AvgIpc) is 3.00. The summed E-state index contributed by atoms with van der Waals surface area (Å²) < 4.78 is 26.0. The van der Waals surface area contributed by atoms with E-state index in [1.54, 1.807) is 19.1 Å². The van der Waals surface area contributed by atoms with Crippen LogP contribution in [-0.4, -0.2) is 42.3 Å². The zero-order valence-corrected chi connectivity index (χ0v) is 13.6. The van der Waals surface area contributed by atoms with Crippen molar-refractivity contribution >= 4 is 33.4 Å². The molecule has 2 aromatic rings. The molecule has 1 amide bonds. The van der Waals surface area contributed by atoms with Gasteiger partial charge in [-0.25, -0.2) is 18.1 Å². The molecule has 0 fully saturated rings. The number of H-pyrrole nitrogens is 1. The third-order valence-corrected chi connectivity index (χ3v) is 5.20. The zero-order valence-electron chi connectivity index (χ0n) is 12.0. The molecule has 1 aromatic carbocycles. The third-order valence-electron chi connectivity index (χ3n) is 2.76. The first-order chi connectivity index (χ1) is 10.4. The Morgan fingerprint density at radius 1 is 1.41 bits per heavy atom. The first-order valence-corrected chi connectivity index (χ1v) is 8.71. The summed E-state index contributed by atoms with van der Waals surface area (Å²) in [5, 5.41) is 9.51. The molecule has 0 radical (unpaired) electrons. The number of thioether (sulfide) groups is 1. The monoisotopic (exact) mass is 341 g/mol. The lowest BCUT2D eigenvalue weighted by Gasteiger charge is -2.10. The van der Waals surface area contributed by atoms with E-state index in [9.17, 15) is 13.2 Å². The highest BCUT2D eigenvalue weighted by Crippen LogP contribution is 2.20. The molecule has 118 valence electrons. The van der Waals surface area contributed by atoms with Crippen LogP contribution in [0.3, 0.4) is 0 Å². The largest absolute Gasteiger partial charge is 0.325 e. The lowest BCUT2D eigenvalue weighted by molar-refractivity contribution is -0.113. The van der Waals surface area contributed by atoms with Crippen molar-refractivity contribution in [2.24, 2.45) is 0 Å². The van der Waals surface area contributed by atoms with Gasteiger partial charge in [0.05, 0.1) is 10.6 Å². The number of hydrogen-bond acceptors (Lipinski definition) is 6. The van der Waals surface area contributed by atoms with Gasteiger partial charge < -0.3 is 5.32 Å². The van der Waals surface area contributed by atoms with Crippen molar-refractivity contribution < 1.29 is 13.2 Å². The number of aromatic amines is 1. The summed E-state index contributed by atoms with van der Waals surface area (Å²) in [5.41, 5.74) is 1.02. The van der Waals surface area contributed by atoms with Gasteiger partial charge in [0.15, 0.2) is 5.16 Å². The Bertz CT molecular complexity index is 759. The van der Waals surface area contributed by atoms with Crippen molar-refractivity contribution in [1.29, 1.82) is 0 Å². The van der Waals surface area contributed by atoms with Crippen LogP contribution in [0, 0.1) is 6.92 Å². The average molecular weight is 341 g/mol. The molecule has 0 saturated carbocycles. The second-order valence-electron chi connectivity index (χ2n) is 4.32. The lowest BCUT2D eigenvalue weighted by Crippen LogP contribution is -2.20. The van der Waals surface area contributed by atoms with Crippen molar-refractivity contribution in [3.63, 3.8) is 0 Å². The number of benzene rings is 1. The molecule has 0 bridgehead atoms. The molecule has 0 aliphatic heterocycles. The molecule has 0 atom stereocenters. The van der Waals surface area contributed by atoms with Gasteiger partial charge >= 0.3 is 0 Å². The number of rotatable bonds is 6. The SMILES string of the molecule is CNS(=O)(=O)c1cc(NC(=O)CSc2ncn[nH]2)ccc1C. The molecule has 0 aliphatic rings. The predicted octanol–water partition coefficient (Wildman–Crippen LogP) is 0.752. The van der Waals surface area contributed by atoms with E-state index in [1.165, 1.54) is 31.2 Å². The van der Waals surface area contributed by atoms with E-state index in [2.05, 4.69) is 25.2 Å². The number of amides is 1. The fourth-order valence-corrected chi connectivity index (χ4v) is 3.24. The maximum Gasteiger partial charge on any atom is 0.240 e. The molecule has 0 spiro atoms. The van der Waals surface area contributed by atoms with E-state index in [1.807, 2.05) is 0 Å². The topological polar surface area (TPSA) is 117 Å². The van der Waals surface area contributed by atoms with Crippen LogP contribution in [0.15, 0.2) is 34.6 Å². The summed E-state index contributed by atoms with van der Waals surface area (Å²) >= 11 is 1.20. The number of sulfonamides is 1. The Labute approximate surface area is 132 Å². The summed E-state index contributed by atoms with van der Waals surface area (Å²) in [6, 6.07) is 4.72. The Kier molecular flexibility index (Phi) is 5.16. The molecule has 8 nitrogen and oxygen atoms in total. The van der Waals surface area contributed by atoms with Crippen LogP contribution in [0.2, 0.25) is 0 Å². The molecule has 0 aliphatic carbocycles. The van der Waals surface area contributed by atoms with Gasteiger partial charge in [0.25, 0.3) is 0 Å². The predicted molar refractivity (Wildman–Crippen MR) is 83.2 cm³/mol. The molecule has 1 aromatic heterocycles. The molecule has 2 rings (SSSR count). The van der Waals surface area contributed by atoms with E-state index >= 15 is 0 Å². The number of aromatic nitrogens is 3. The Morgan fingerprint density at radius 3 is 2.82 bits per heavy atom. The van der Waals surface area contributed by atoms with Gasteiger partial charge in [0.2, 0.25) is 15.9 Å². The molecule has 0 unspecified atom stereocenters. The minimum absolute atomic E-state index is 0.135. The van der Waals surface area contributed by atoms with Crippen molar-refractivity contribution in [2.75, 3.05) is 18.1 Å². The maximum atomic E-state index is 11.9. The number of anilines is 1. The first kappa shape index (κ1) is 16.5. The Hall–Kier alpha value is -1.91. The zero-order chi connectivity index (χ0) is 16.2. The molecule has 0 saturated heterocycles. The molecular formula is C12H15N5O3S2. The van der Waals surface area contributed by atoms with Gasteiger partial charge in [-0.2, -0.15) is 5.10 Å². The highest BCUT2D eigenvalue weighted by molar-refractivity contribution is 7.99. The van der Waals surface area contributed by atoms with E-state index in [4.69, 9.17) is 0 Å². The van der Waals surface area contributed by atoms with E-state index in [0.29, 0.717) is 16.4 Å². The van der Waals surface area contributed by atoms with Gasteiger partial charge in [-0.15, -0.1) is 0 Å². The van der Waals surface area contributed by atoms with Gasteiger partial charge in [0.1, 0.15) is 6.33 Å². The summed E-state index contributed by atoms with van der Waals surface area (Å²) in [4.78, 5) is 15.9. The Balaban J connectivity index is 2.06. The van der Waals surface area contributed by atoms with E-state index in [-0.39, 0.29) is 16.6 Å². The number of hydrogen-bond donors (Lipinski definition) is 3. The minimum atomic E-state index is -3.56. The molecular weight excluding hydrogens is 326 g/mol. The highest BCUT2D eigenvalue weighted by Gasteiger charge is 2.15. The molecule has 10 heteroatoms. The van der Waals surface area contributed by atoms with Crippen LogP contribution in [0.1, 0.15) is 5.56 Å². The van der Waals surface area contributed by atoms with Crippen LogP contribution in [0.25, 0.3) is 0 Å². The summed E-state index contributed by atoms with van der Waals surface area (Å²) in [6.45, 7) is 1.69. The van der Waals surface area contributed by atoms with Gasteiger partial charge in [0, 0.05) is 5.69 Å². The molecule has 22 heavy (non-hydrogen) atoms. The first-order valence-electron chi connectivity index (χ1n) is 6.24. The van der Waals surface area contributed by atoms with Crippen LogP contribution < -0.4 is 10.0 Å². The minimum Gasteiger partial charge on any atom is -0.325 e. The second kappa shape index (κ2) is 6.90. The normalized spacial score (nSPS) is 11.4. The van der Waals surface area contributed by atoms with Gasteiger partial charge in [-0.05, 0) is 31.7 Å². The number of nitrogens with zero attached hydrogens (tertiary/aromatic N) is 2. The Morgan fingerprint density at radius 2 is 2.18 bits per heavy atom. The summed E-state index contributed by atoms with van der Waals surface area (Å²) in [5.74, 6) is -0.130.